The molecule has 0 fully saturated rings. The molecule has 0 aliphatic carbocycles. The molecule has 1 heterocycles. The third-order valence-electron chi connectivity index (χ3n) is 3.14. The van der Waals surface area contributed by atoms with Crippen LogP contribution in [-0.4, -0.2) is 9.97 Å². The number of nitrogens with zero attached hydrogens (tertiary/aromatic N) is 1. The Labute approximate surface area is 117 Å². The summed E-state index contributed by atoms with van der Waals surface area (Å²) in [5.41, 5.74) is 1.84. The predicted molar refractivity (Wildman–Crippen MR) is 78.4 cm³/mol. The Morgan fingerprint density at radius 2 is 1.80 bits per heavy atom. The van der Waals surface area contributed by atoms with Gasteiger partial charge in [-0.3, -0.25) is 4.79 Å². The minimum Gasteiger partial charge on any atom is -0.310 e. The summed E-state index contributed by atoms with van der Waals surface area (Å²) in [5, 5.41) is 0. The third-order valence-corrected chi connectivity index (χ3v) is 3.14. The van der Waals surface area contributed by atoms with Crippen LogP contribution in [0, 0.1) is 19.7 Å². The lowest BCUT2D eigenvalue weighted by Gasteiger charge is -2.18. The average Bonchev–Trinajstić information content (AvgIpc) is 2.25. The van der Waals surface area contributed by atoms with E-state index in [1.807, 2.05) is 40.7 Å². The van der Waals surface area contributed by atoms with Gasteiger partial charge in [0.2, 0.25) is 0 Å². The van der Waals surface area contributed by atoms with E-state index >= 15 is 0 Å². The van der Waals surface area contributed by atoms with Crippen LogP contribution < -0.4 is 5.56 Å². The van der Waals surface area contributed by atoms with Crippen LogP contribution >= 0.6 is 0 Å². The number of aromatic nitrogens is 2. The van der Waals surface area contributed by atoms with Gasteiger partial charge in [-0.15, -0.1) is 0 Å². The van der Waals surface area contributed by atoms with Crippen molar-refractivity contribution in [3.8, 4) is 11.3 Å². The third kappa shape index (κ3) is 2.79. The molecule has 20 heavy (non-hydrogen) atoms. The maximum atomic E-state index is 14.2. The molecule has 2 aromatic rings. The Bertz CT molecular complexity index is 688. The minimum absolute atomic E-state index is 0.265. The highest BCUT2D eigenvalue weighted by Gasteiger charge is 2.19. The van der Waals surface area contributed by atoms with Crippen LogP contribution in [-0.2, 0) is 5.41 Å². The standard InChI is InChI=1S/C16H19FN2O/c1-9-6-10(2)14(11(17)7-9)12-8-13(20)19-15(18-12)16(3,4)5/h6-8H,1-5H3,(H,18,19,20). The Morgan fingerprint density at radius 1 is 1.15 bits per heavy atom. The van der Waals surface area contributed by atoms with Crippen molar-refractivity contribution < 1.29 is 4.39 Å². The monoisotopic (exact) mass is 274 g/mol. The van der Waals surface area contributed by atoms with E-state index in [0.29, 0.717) is 17.1 Å². The first-order chi connectivity index (χ1) is 9.18. The number of H-pyrrole nitrogens is 1. The van der Waals surface area contributed by atoms with Gasteiger partial charge in [-0.2, -0.15) is 0 Å². The van der Waals surface area contributed by atoms with E-state index in [1.165, 1.54) is 12.1 Å². The Kier molecular flexibility index (Phi) is 3.50. The van der Waals surface area contributed by atoms with Gasteiger partial charge in [-0.25, -0.2) is 9.37 Å². The fourth-order valence-corrected chi connectivity index (χ4v) is 2.18. The molecule has 0 aliphatic heterocycles. The number of rotatable bonds is 1. The van der Waals surface area contributed by atoms with E-state index in [2.05, 4.69) is 9.97 Å². The van der Waals surface area contributed by atoms with Crippen molar-refractivity contribution in [3.05, 3.63) is 51.3 Å². The van der Waals surface area contributed by atoms with Crippen LogP contribution in [0.5, 0.6) is 0 Å². The van der Waals surface area contributed by atoms with Crippen LogP contribution in [0.1, 0.15) is 37.7 Å². The summed E-state index contributed by atoms with van der Waals surface area (Å²) >= 11 is 0. The Hall–Kier alpha value is -1.97. The lowest BCUT2D eigenvalue weighted by molar-refractivity contribution is 0.543. The molecule has 0 spiro atoms. The van der Waals surface area contributed by atoms with Crippen molar-refractivity contribution in [2.24, 2.45) is 0 Å². The van der Waals surface area contributed by atoms with Gasteiger partial charge in [0.1, 0.15) is 11.6 Å². The van der Waals surface area contributed by atoms with Crippen LogP contribution in [0.3, 0.4) is 0 Å². The molecule has 0 aliphatic rings. The molecule has 3 nitrogen and oxygen atoms in total. The van der Waals surface area contributed by atoms with Crippen LogP contribution in [0.25, 0.3) is 11.3 Å². The smallest absolute Gasteiger partial charge is 0.251 e. The highest BCUT2D eigenvalue weighted by molar-refractivity contribution is 5.64. The fraction of sp³-hybridized carbons (Fsp3) is 0.375. The molecule has 0 bridgehead atoms. The molecule has 0 radical (unpaired) electrons. The van der Waals surface area contributed by atoms with E-state index in [4.69, 9.17) is 0 Å². The number of aryl methyl sites for hydroxylation is 2. The first-order valence-electron chi connectivity index (χ1n) is 6.57. The quantitative estimate of drug-likeness (QED) is 0.865. The topological polar surface area (TPSA) is 45.8 Å². The summed E-state index contributed by atoms with van der Waals surface area (Å²) in [6.45, 7) is 9.52. The molecular weight excluding hydrogens is 255 g/mol. The van der Waals surface area contributed by atoms with Gasteiger partial charge in [0, 0.05) is 17.0 Å². The second-order valence-corrected chi connectivity index (χ2v) is 6.17. The summed E-state index contributed by atoms with van der Waals surface area (Å²) in [6, 6.07) is 4.69. The predicted octanol–water partition coefficient (Wildman–Crippen LogP) is 3.49. The van der Waals surface area contributed by atoms with Crippen molar-refractivity contribution in [2.75, 3.05) is 0 Å². The molecule has 106 valence electrons. The second-order valence-electron chi connectivity index (χ2n) is 6.17. The van der Waals surface area contributed by atoms with Gasteiger partial charge in [0.05, 0.1) is 5.69 Å². The minimum atomic E-state index is -0.347. The Morgan fingerprint density at radius 3 is 2.35 bits per heavy atom. The van der Waals surface area contributed by atoms with E-state index in [1.54, 1.807) is 0 Å². The molecule has 4 heteroatoms. The maximum Gasteiger partial charge on any atom is 0.251 e. The molecule has 0 atom stereocenters. The first kappa shape index (κ1) is 14.4. The summed E-state index contributed by atoms with van der Waals surface area (Å²) in [5.74, 6) is 0.208. The van der Waals surface area contributed by atoms with Crippen LogP contribution in [0.15, 0.2) is 23.0 Å². The van der Waals surface area contributed by atoms with Crippen molar-refractivity contribution in [2.45, 2.75) is 40.0 Å². The van der Waals surface area contributed by atoms with E-state index in [0.717, 1.165) is 11.1 Å². The van der Waals surface area contributed by atoms with Gasteiger partial charge in [0.15, 0.2) is 0 Å². The lowest BCUT2D eigenvalue weighted by atomic mass is 9.95. The molecular formula is C16H19FN2O. The molecule has 2 rings (SSSR count). The number of aromatic amines is 1. The van der Waals surface area contributed by atoms with Crippen molar-refractivity contribution >= 4 is 0 Å². The number of nitrogens with one attached hydrogen (secondary N) is 1. The highest BCUT2D eigenvalue weighted by Crippen LogP contribution is 2.27. The van der Waals surface area contributed by atoms with E-state index < -0.39 is 0 Å². The molecule has 1 aromatic carbocycles. The van der Waals surface area contributed by atoms with Gasteiger partial charge in [-0.1, -0.05) is 26.8 Å². The molecule has 0 saturated heterocycles. The fourth-order valence-electron chi connectivity index (χ4n) is 2.18. The van der Waals surface area contributed by atoms with Gasteiger partial charge >= 0.3 is 0 Å². The summed E-state index contributed by atoms with van der Waals surface area (Å²) in [7, 11) is 0. The molecule has 0 unspecified atom stereocenters. The highest BCUT2D eigenvalue weighted by atomic mass is 19.1. The van der Waals surface area contributed by atoms with Crippen molar-refractivity contribution in [1.82, 2.24) is 9.97 Å². The molecule has 1 aromatic heterocycles. The summed E-state index contributed by atoms with van der Waals surface area (Å²) in [4.78, 5) is 19.0. The zero-order valence-electron chi connectivity index (χ0n) is 12.5. The van der Waals surface area contributed by atoms with Crippen LogP contribution in [0.2, 0.25) is 0 Å². The van der Waals surface area contributed by atoms with Crippen LogP contribution in [0.4, 0.5) is 4.39 Å². The largest absolute Gasteiger partial charge is 0.310 e. The van der Waals surface area contributed by atoms with Crippen molar-refractivity contribution in [1.29, 1.82) is 0 Å². The molecule has 1 N–H and O–H groups in total. The van der Waals surface area contributed by atoms with E-state index in [-0.39, 0.29) is 16.8 Å². The van der Waals surface area contributed by atoms with Gasteiger partial charge < -0.3 is 4.98 Å². The zero-order valence-corrected chi connectivity index (χ0v) is 12.5. The van der Waals surface area contributed by atoms with Gasteiger partial charge in [0.25, 0.3) is 5.56 Å². The second kappa shape index (κ2) is 4.85. The van der Waals surface area contributed by atoms with Crippen molar-refractivity contribution in [3.63, 3.8) is 0 Å². The number of halogens is 1. The number of hydrogen-bond donors (Lipinski definition) is 1. The molecule has 0 amide bonds. The normalized spacial score (nSPS) is 11.7. The zero-order chi connectivity index (χ0) is 15.1. The maximum absolute atomic E-state index is 14.2. The summed E-state index contributed by atoms with van der Waals surface area (Å²) < 4.78 is 14.2. The lowest BCUT2D eigenvalue weighted by Crippen LogP contribution is -2.22. The summed E-state index contributed by atoms with van der Waals surface area (Å²) in [6.07, 6.45) is 0. The number of hydrogen-bond acceptors (Lipinski definition) is 2. The average molecular weight is 274 g/mol. The molecule has 0 saturated carbocycles. The van der Waals surface area contributed by atoms with E-state index in [9.17, 15) is 9.18 Å². The Balaban J connectivity index is 2.71. The SMILES string of the molecule is Cc1cc(C)c(-c2cc(=O)[nH]c(C(C)(C)C)n2)c(F)c1. The number of benzene rings is 1. The first-order valence-corrected chi connectivity index (χ1v) is 6.57. The van der Waals surface area contributed by atoms with Gasteiger partial charge in [-0.05, 0) is 31.0 Å².